The predicted octanol–water partition coefficient (Wildman–Crippen LogP) is -7.47. The Morgan fingerprint density at radius 2 is 1.30 bits per heavy atom. The molecule has 43 heavy (non-hydrogen) atoms. The maximum atomic E-state index is 11.4. The quantitative estimate of drug-likeness (QED) is 0.0667. The lowest BCUT2D eigenvalue weighted by molar-refractivity contribution is -0.319. The van der Waals surface area contributed by atoms with Gasteiger partial charge in [-0.05, 0) is 6.42 Å². The van der Waals surface area contributed by atoms with E-state index in [1.165, 1.54) is 7.11 Å². The summed E-state index contributed by atoms with van der Waals surface area (Å²) in [6.07, 6.45) is -17.6. The zero-order valence-corrected chi connectivity index (χ0v) is 24.4. The second-order valence-electron chi connectivity index (χ2n) is 11.3. The lowest BCUT2D eigenvalue weighted by Crippen LogP contribution is -2.68. The molecule has 0 aromatic carbocycles. The van der Waals surface area contributed by atoms with Gasteiger partial charge in [-0.25, -0.2) is 0 Å². The van der Waals surface area contributed by atoms with Crippen LogP contribution in [0, 0.1) is 0 Å². The topological polar surface area (TPSA) is 333 Å². The molecule has 18 N–H and O–H groups in total. The van der Waals surface area contributed by atoms with E-state index < -0.39 is 110 Å². The molecule has 3 rings (SSSR count). The highest BCUT2D eigenvalue weighted by Crippen LogP contribution is 2.31. The molecular formula is C24H50BN6O12. The van der Waals surface area contributed by atoms with Gasteiger partial charge >= 0.3 is 0 Å². The van der Waals surface area contributed by atoms with Crippen molar-refractivity contribution in [2.75, 3.05) is 20.2 Å². The van der Waals surface area contributed by atoms with Crippen molar-refractivity contribution in [2.45, 2.75) is 130 Å². The zero-order valence-electron chi connectivity index (χ0n) is 24.4. The van der Waals surface area contributed by atoms with Gasteiger partial charge < -0.3 is 93.5 Å². The van der Waals surface area contributed by atoms with E-state index in [1.807, 2.05) is 0 Å². The maximum absolute atomic E-state index is 11.4. The molecule has 1 radical (unpaired) electrons. The van der Waals surface area contributed by atoms with E-state index in [0.29, 0.717) is 0 Å². The van der Waals surface area contributed by atoms with E-state index in [2.05, 4.69) is 0 Å². The van der Waals surface area contributed by atoms with Crippen molar-refractivity contribution in [1.82, 2.24) is 0 Å². The number of hydrogen-bond acceptors (Lipinski definition) is 18. The van der Waals surface area contributed by atoms with Crippen molar-refractivity contribution in [3.05, 3.63) is 0 Å². The molecule has 0 aromatic rings. The molecule has 2 saturated heterocycles. The molecule has 1 saturated carbocycles. The first-order valence-corrected chi connectivity index (χ1v) is 14.4. The van der Waals surface area contributed by atoms with Crippen molar-refractivity contribution in [2.24, 2.45) is 34.4 Å². The summed E-state index contributed by atoms with van der Waals surface area (Å²) >= 11 is 0. The molecule has 0 spiro atoms. The van der Waals surface area contributed by atoms with E-state index >= 15 is 0 Å². The van der Waals surface area contributed by atoms with Crippen molar-refractivity contribution < 1.29 is 59.1 Å². The molecule has 19 heteroatoms. The van der Waals surface area contributed by atoms with Crippen molar-refractivity contribution in [3.63, 3.8) is 0 Å². The van der Waals surface area contributed by atoms with E-state index in [-0.39, 0.29) is 25.8 Å². The molecule has 10 unspecified atom stereocenters. The van der Waals surface area contributed by atoms with Gasteiger partial charge in [0, 0.05) is 32.3 Å². The molecule has 251 valence electrons. The summed E-state index contributed by atoms with van der Waals surface area (Å²) in [7, 11) is 2.95. The van der Waals surface area contributed by atoms with E-state index in [4.69, 9.17) is 62.8 Å². The Balaban J connectivity index is 1.80. The van der Waals surface area contributed by atoms with E-state index in [0.717, 1.165) is 0 Å². The fraction of sp³-hybridized carbons (Fsp3) is 1.00. The van der Waals surface area contributed by atoms with Crippen LogP contribution in [0.1, 0.15) is 6.42 Å². The number of aliphatic hydroxyl groups is 6. The molecule has 3 aliphatic rings. The average molecular weight is 626 g/mol. The number of hydrogen-bond donors (Lipinski definition) is 12. The van der Waals surface area contributed by atoms with Crippen LogP contribution in [0.4, 0.5) is 0 Å². The zero-order chi connectivity index (χ0) is 32.2. The van der Waals surface area contributed by atoms with Crippen LogP contribution in [0.15, 0.2) is 0 Å². The van der Waals surface area contributed by atoms with Crippen LogP contribution in [-0.2, 0) is 28.4 Å². The number of rotatable bonds is 13. The molecular weight excluding hydrogens is 575 g/mol. The molecule has 0 amide bonds. The van der Waals surface area contributed by atoms with Gasteiger partial charge in [0.25, 0.3) is 0 Å². The van der Waals surface area contributed by atoms with Gasteiger partial charge in [0.05, 0.1) is 24.3 Å². The smallest absolute Gasteiger partial charge is 0.186 e. The Bertz CT molecular complexity index is 844. The number of aliphatic hydroxyl groups excluding tert-OH is 6. The summed E-state index contributed by atoms with van der Waals surface area (Å²) in [6.45, 7) is 1.45. The third-order valence-electron chi connectivity index (χ3n) is 8.28. The fourth-order valence-corrected chi connectivity index (χ4v) is 5.59. The van der Waals surface area contributed by atoms with Gasteiger partial charge in [0.2, 0.25) is 0 Å². The fourth-order valence-electron chi connectivity index (χ4n) is 5.59. The molecule has 2 aliphatic heterocycles. The lowest BCUT2D eigenvalue weighted by atomic mass is 9.74. The van der Waals surface area contributed by atoms with Gasteiger partial charge in [0.15, 0.2) is 18.9 Å². The molecule has 18 nitrogen and oxygen atoms in total. The van der Waals surface area contributed by atoms with Crippen molar-refractivity contribution in [3.8, 4) is 0 Å². The largest absolute Gasteiger partial charge is 0.389 e. The monoisotopic (exact) mass is 625 g/mol. The van der Waals surface area contributed by atoms with Gasteiger partial charge in [-0.3, -0.25) is 0 Å². The van der Waals surface area contributed by atoms with Crippen LogP contribution < -0.4 is 34.4 Å². The molecule has 3 fully saturated rings. The summed E-state index contributed by atoms with van der Waals surface area (Å²) in [6, 6.07) is -4.04. The van der Waals surface area contributed by atoms with Crippen LogP contribution in [0.5, 0.6) is 0 Å². The third kappa shape index (κ3) is 8.20. The summed E-state index contributed by atoms with van der Waals surface area (Å²) in [5.74, 6) is 0. The minimum Gasteiger partial charge on any atom is -0.389 e. The summed E-state index contributed by atoms with van der Waals surface area (Å²) < 4.78 is 34.8. The molecule has 0 bridgehead atoms. The normalized spacial score (nSPS) is 46.2. The summed E-state index contributed by atoms with van der Waals surface area (Å²) in [5.41, 5.74) is 35.9. The van der Waals surface area contributed by atoms with Gasteiger partial charge in [0.1, 0.15) is 62.2 Å². The van der Waals surface area contributed by atoms with Gasteiger partial charge in [-0.15, -0.1) is 0 Å². The molecule has 2 heterocycles. The number of methoxy groups -OCH3 is 1. The van der Waals surface area contributed by atoms with Gasteiger partial charge in [-0.1, -0.05) is 13.1 Å². The molecule has 0 aromatic heterocycles. The van der Waals surface area contributed by atoms with Crippen molar-refractivity contribution >= 4 is 7.28 Å². The highest BCUT2D eigenvalue weighted by atomic mass is 16.7. The number of ether oxygens (including phenoxy) is 6. The van der Waals surface area contributed by atoms with Crippen LogP contribution in [0.2, 0.25) is 13.1 Å². The Kier molecular flexibility index (Phi) is 13.9. The SMILES string of the molecule is C[B]C[C@H](OC1O[C@@H](CN)C(O)C(O)C1N)[C@H](O)C(OC)O[C@@H]1[C@H](O)C(N)CC(N)[C@H]1OC1OC(CN)C(O)[C@@H](O)[C@@H]1N. The Hall–Kier alpha value is -0.655. The minimum atomic E-state index is -1.54. The van der Waals surface area contributed by atoms with Crippen LogP contribution >= 0.6 is 0 Å². The van der Waals surface area contributed by atoms with Crippen molar-refractivity contribution in [1.29, 1.82) is 0 Å². The highest BCUT2D eigenvalue weighted by molar-refractivity contribution is 6.33. The minimum absolute atomic E-state index is 0.114. The van der Waals surface area contributed by atoms with E-state index in [1.54, 1.807) is 14.1 Å². The number of nitrogens with two attached hydrogens (primary N) is 6. The van der Waals surface area contributed by atoms with Crippen LogP contribution in [0.3, 0.4) is 0 Å². The Morgan fingerprint density at radius 1 is 0.767 bits per heavy atom. The summed E-state index contributed by atoms with van der Waals surface area (Å²) in [4.78, 5) is 0. The van der Waals surface area contributed by atoms with Crippen LogP contribution in [0.25, 0.3) is 0 Å². The summed E-state index contributed by atoms with van der Waals surface area (Å²) in [5, 5.41) is 63.6. The average Bonchev–Trinajstić information content (AvgIpc) is 2.99. The van der Waals surface area contributed by atoms with Crippen LogP contribution in [-0.4, -0.2) is 168 Å². The lowest BCUT2D eigenvalue weighted by Gasteiger charge is -2.47. The first kappa shape index (κ1) is 36.8. The molecule has 1 aliphatic carbocycles. The Morgan fingerprint density at radius 3 is 1.81 bits per heavy atom. The highest BCUT2D eigenvalue weighted by Gasteiger charge is 2.51. The first-order chi connectivity index (χ1) is 20.3. The Labute approximate surface area is 251 Å². The second kappa shape index (κ2) is 16.3. The second-order valence-corrected chi connectivity index (χ2v) is 11.3. The first-order valence-electron chi connectivity index (χ1n) is 14.4. The molecule has 18 atom stereocenters. The van der Waals surface area contributed by atoms with Gasteiger partial charge in [-0.2, -0.15) is 0 Å². The standard InChI is InChI=1S/C24H50BN6O12/c1-25-4-9(39-22-12(30)18(36)15(33)10(5-26)40-22)17(35)24(38-2)43-21-14(32)7(28)3-8(29)20(21)42-23-13(31)19(37)16(34)11(6-27)41-23/h7-24,32-37H,3-6,26-31H2,1-2H3/t7?,8?,9-,10-,11?,12?,13-,14+,15?,16?,17-,18?,19-,20+,21+,22?,23?,24?/m0/s1. The van der Waals surface area contributed by atoms with E-state index in [9.17, 15) is 30.6 Å². The predicted molar refractivity (Wildman–Crippen MR) is 150 cm³/mol. The third-order valence-corrected chi connectivity index (χ3v) is 8.28. The maximum Gasteiger partial charge on any atom is 0.186 e.